The second kappa shape index (κ2) is 28.6. The molecule has 0 unspecified atom stereocenters. The highest BCUT2D eigenvalue weighted by molar-refractivity contribution is 6.04. The number of likely N-dealkylation sites (N-methyl/N-ethyl adjacent to an activating group) is 1. The summed E-state index contributed by atoms with van der Waals surface area (Å²) in [5.41, 5.74) is 3.07. The summed E-state index contributed by atoms with van der Waals surface area (Å²) >= 11 is 0. The number of amides is 8. The number of aryl methyl sites for hydroxylation is 1. The third-order valence-electron chi connectivity index (χ3n) is 18.8. The van der Waals surface area contributed by atoms with Crippen LogP contribution in [-0.4, -0.2) is 186 Å². The highest BCUT2D eigenvalue weighted by Crippen LogP contribution is 2.43. The number of morpholine rings is 1. The lowest BCUT2D eigenvalue weighted by atomic mass is 9.83. The highest BCUT2D eigenvalue weighted by atomic mass is 19.1. The van der Waals surface area contributed by atoms with Crippen molar-refractivity contribution in [3.8, 4) is 0 Å². The molecule has 4 N–H and O–H groups in total. The van der Waals surface area contributed by atoms with Crippen LogP contribution in [0.5, 0.6) is 0 Å². The first-order chi connectivity index (χ1) is 44.2. The maximum atomic E-state index is 15.3. The predicted octanol–water partition coefficient (Wildman–Crippen LogP) is 8.04. The number of nitrogens with zero attached hydrogens (tertiary/aromatic N) is 6. The van der Waals surface area contributed by atoms with E-state index in [9.17, 15) is 33.2 Å². The molecule has 1 aliphatic carbocycles. The Morgan fingerprint density at radius 3 is 2.19 bits per heavy atom. The number of carbonyl (C=O) groups is 8. The van der Waals surface area contributed by atoms with Crippen molar-refractivity contribution in [1.82, 2.24) is 40.4 Å². The van der Waals surface area contributed by atoms with Crippen LogP contribution in [0.4, 0.5) is 25.4 Å². The number of anilines is 2. The first kappa shape index (κ1) is 70.4. The number of halogens is 1. The Morgan fingerprint density at radius 2 is 1.50 bits per heavy atom. The lowest BCUT2D eigenvalue weighted by molar-refractivity contribution is -0.147. The van der Waals surface area contributed by atoms with Gasteiger partial charge in [-0.2, -0.15) is 0 Å². The second-order valence-corrected chi connectivity index (χ2v) is 29.6. The first-order valence-corrected chi connectivity index (χ1v) is 33.0. The van der Waals surface area contributed by atoms with Gasteiger partial charge < -0.3 is 50.2 Å². The second-order valence-electron chi connectivity index (χ2n) is 29.6. The van der Waals surface area contributed by atoms with Gasteiger partial charge in [-0.3, -0.25) is 43.5 Å². The van der Waals surface area contributed by atoms with E-state index in [2.05, 4.69) is 44.1 Å². The number of piperazine rings is 1. The molecule has 8 atom stereocenters. The van der Waals surface area contributed by atoms with Crippen molar-refractivity contribution >= 4 is 59.0 Å². The van der Waals surface area contributed by atoms with Gasteiger partial charge in [-0.25, -0.2) is 14.0 Å². The average molecular weight is 1300 g/mol. The maximum Gasteiger partial charge on any atom is 0.410 e. The van der Waals surface area contributed by atoms with Crippen LogP contribution in [0.15, 0.2) is 84.9 Å². The molecule has 0 saturated carbocycles. The van der Waals surface area contributed by atoms with Gasteiger partial charge in [-0.1, -0.05) is 75.4 Å². The summed E-state index contributed by atoms with van der Waals surface area (Å²) in [6.45, 7) is 26.0. The van der Waals surface area contributed by atoms with Gasteiger partial charge in [0.15, 0.2) is 0 Å². The first-order valence-electron chi connectivity index (χ1n) is 33.0. The summed E-state index contributed by atoms with van der Waals surface area (Å²) in [6.07, 6.45) is 1.90. The lowest BCUT2D eigenvalue weighted by Gasteiger charge is -2.47. The number of rotatable bonds is 16. The maximum absolute atomic E-state index is 15.3. The van der Waals surface area contributed by atoms with E-state index in [1.165, 1.54) is 29.0 Å². The predicted molar refractivity (Wildman–Crippen MR) is 356 cm³/mol. The smallest absolute Gasteiger partial charge is 0.410 e. The monoisotopic (exact) mass is 1300 g/mol. The minimum atomic E-state index is -1.33. The Bertz CT molecular complexity index is 3490. The SMILES string of the molecule is C[C@@H]1COCCN1C[C@H]1CN(C(=O)OC(C)(C)C)[C@H](C)CN1CC(=O)N1C[C@@](C)(C(=O)NCC(=O)Nc2ccc3c(c2)CN(C(=O)[C@@H](NC(=O)[C@H](C)N(C)C(=O)OC(C)(C)C)C(C)(C)C)[C@H](C(=O)N[C@@H]2CCCc4ccccc42)C3)c2ccc(Cc3ccc(F)cc3)cc21. The number of hydrogen-bond acceptors (Lipinski definition) is 13. The number of ether oxygens (including phenoxy) is 3. The van der Waals surface area contributed by atoms with Crippen molar-refractivity contribution < 1.29 is 57.0 Å². The van der Waals surface area contributed by atoms with Crippen molar-refractivity contribution in [1.29, 1.82) is 0 Å². The molecule has 0 spiro atoms. The third kappa shape index (κ3) is 16.7. The van der Waals surface area contributed by atoms with Gasteiger partial charge >= 0.3 is 12.2 Å². The molecule has 22 heteroatoms. The molecule has 2 fully saturated rings. The molecule has 0 bridgehead atoms. The van der Waals surface area contributed by atoms with Crippen LogP contribution in [-0.2, 0) is 74.2 Å². The van der Waals surface area contributed by atoms with Gasteiger partial charge in [-0.15, -0.1) is 0 Å². The number of hydrogen-bond donors (Lipinski definition) is 4. The summed E-state index contributed by atoms with van der Waals surface area (Å²) < 4.78 is 31.2. The van der Waals surface area contributed by atoms with Crippen molar-refractivity contribution in [3.63, 3.8) is 0 Å². The van der Waals surface area contributed by atoms with Gasteiger partial charge in [0.2, 0.25) is 35.4 Å². The molecular formula is C72H97FN10O11. The van der Waals surface area contributed by atoms with E-state index in [-0.39, 0.29) is 67.9 Å². The van der Waals surface area contributed by atoms with Gasteiger partial charge in [0.05, 0.1) is 37.8 Å². The molecule has 21 nitrogen and oxygen atoms in total. The summed E-state index contributed by atoms with van der Waals surface area (Å²) in [5, 5.41) is 12.0. The fraction of sp³-hybridized carbons (Fsp3) is 0.556. The van der Waals surface area contributed by atoms with Crippen LogP contribution in [0.2, 0.25) is 0 Å². The summed E-state index contributed by atoms with van der Waals surface area (Å²) in [7, 11) is 1.45. The Kier molecular flexibility index (Phi) is 21.4. The number of fused-ring (bicyclic) bond motifs is 3. The van der Waals surface area contributed by atoms with Crippen LogP contribution in [0.25, 0.3) is 0 Å². The minimum absolute atomic E-state index is 0.0180. The molecule has 9 rings (SSSR count). The summed E-state index contributed by atoms with van der Waals surface area (Å²) in [4.78, 5) is 126. The standard InChI is InChI=1S/C72H97FN10O11/c1-44-37-80(54(39-79-30-31-92-42-45(79)2)40-81(44)68(91)94-71(10,11)12)41-61(85)83-43-72(13,56-29-24-48(33-58(56)83)32-47-22-26-52(73)27-23-47)66(89)74-36-60(84)75-53-28-25-50-35-59(64(87)76-57-21-17-19-49-18-15-16-20-55(49)57)82(38-51(50)34-53)65(88)62(69(4,5)6)77-63(86)46(3)78(14)67(90)93-70(7,8)9/h15-16,18,20,22-29,33-34,44-46,54,57,59,62H,17,19,21,30-32,35-43H2,1-14H3,(H,74,89)(H,75,84)(H,76,87)(H,77,86)/t44-,45-,46+,54+,57-,59+,62-,72-/m1/s1. The van der Waals surface area contributed by atoms with Crippen LogP contribution in [0.3, 0.4) is 0 Å². The molecule has 5 aliphatic rings. The topological polar surface area (TPSA) is 232 Å². The molecule has 4 aliphatic heterocycles. The molecule has 4 aromatic carbocycles. The van der Waals surface area contributed by atoms with E-state index in [0.29, 0.717) is 74.7 Å². The minimum Gasteiger partial charge on any atom is -0.444 e. The molecule has 2 saturated heterocycles. The van der Waals surface area contributed by atoms with E-state index in [0.717, 1.165) is 40.7 Å². The molecule has 508 valence electrons. The highest BCUT2D eigenvalue weighted by Gasteiger charge is 2.49. The zero-order valence-electron chi connectivity index (χ0n) is 57.3. The molecule has 4 aromatic rings. The Labute approximate surface area is 553 Å². The number of benzene rings is 4. The zero-order chi connectivity index (χ0) is 68.4. The summed E-state index contributed by atoms with van der Waals surface area (Å²) in [6, 6.07) is 21.3. The molecule has 0 radical (unpaired) electrons. The van der Waals surface area contributed by atoms with Gasteiger partial charge in [0.25, 0.3) is 0 Å². The Hall–Kier alpha value is -7.95. The largest absolute Gasteiger partial charge is 0.444 e. The van der Waals surface area contributed by atoms with E-state index < -0.39 is 82.5 Å². The molecule has 94 heavy (non-hydrogen) atoms. The Balaban J connectivity index is 0.933. The number of nitrogens with one attached hydrogen (secondary N) is 4. The zero-order valence-corrected chi connectivity index (χ0v) is 57.3. The van der Waals surface area contributed by atoms with Crippen molar-refractivity contribution in [2.24, 2.45) is 5.41 Å². The van der Waals surface area contributed by atoms with E-state index in [1.54, 1.807) is 68.7 Å². The molecule has 8 amide bonds. The number of carbonyl (C=O) groups excluding carboxylic acids is 8. The van der Waals surface area contributed by atoms with E-state index >= 15 is 9.59 Å². The molecular weight excluding hydrogens is 1200 g/mol. The fourth-order valence-corrected chi connectivity index (χ4v) is 13.3. The molecule has 0 aromatic heterocycles. The van der Waals surface area contributed by atoms with Crippen molar-refractivity contribution in [2.75, 3.05) is 76.3 Å². The fourth-order valence-electron chi connectivity index (χ4n) is 13.3. The van der Waals surface area contributed by atoms with Crippen molar-refractivity contribution in [3.05, 3.63) is 130 Å². The average Bonchev–Trinajstić information content (AvgIpc) is 1.56. The van der Waals surface area contributed by atoms with Gasteiger partial charge in [0, 0.05) is 82.2 Å². The van der Waals surface area contributed by atoms with Gasteiger partial charge in [0.1, 0.15) is 35.1 Å². The van der Waals surface area contributed by atoms with Crippen LogP contribution >= 0.6 is 0 Å². The Morgan fingerprint density at radius 1 is 0.798 bits per heavy atom. The molecule has 4 heterocycles. The van der Waals surface area contributed by atoms with Crippen LogP contribution in [0, 0.1) is 11.2 Å². The van der Waals surface area contributed by atoms with E-state index in [1.807, 2.05) is 90.9 Å². The third-order valence-corrected chi connectivity index (χ3v) is 18.8. The normalized spacial score (nSPS) is 22.3. The lowest BCUT2D eigenvalue weighted by Crippen LogP contribution is -2.64. The van der Waals surface area contributed by atoms with Crippen LogP contribution < -0.4 is 26.2 Å². The van der Waals surface area contributed by atoms with Crippen LogP contribution in [0.1, 0.15) is 148 Å². The summed E-state index contributed by atoms with van der Waals surface area (Å²) in [5.74, 6) is -3.11. The van der Waals surface area contributed by atoms with E-state index in [4.69, 9.17) is 14.2 Å². The van der Waals surface area contributed by atoms with Gasteiger partial charge in [-0.05, 0) is 170 Å². The van der Waals surface area contributed by atoms with Crippen molar-refractivity contribution in [2.45, 2.75) is 188 Å². The quantitative estimate of drug-likeness (QED) is 0.0833.